The molecule has 0 aromatic carbocycles. The molecule has 2 aliphatic rings. The molecule has 0 saturated carbocycles. The van der Waals surface area contributed by atoms with Crippen LogP contribution in [0.2, 0.25) is 0 Å². The molecule has 0 radical (unpaired) electrons. The Morgan fingerprint density at radius 2 is 1.89 bits per heavy atom. The maximum atomic E-state index is 11.5. The van der Waals surface area contributed by atoms with E-state index in [0.717, 1.165) is 58.2 Å². The van der Waals surface area contributed by atoms with E-state index in [0.29, 0.717) is 5.82 Å². The van der Waals surface area contributed by atoms with Crippen molar-refractivity contribution >= 4 is 0 Å². The Balaban J connectivity index is 1.96. The molecule has 0 amide bonds. The quantitative estimate of drug-likeness (QED) is 0.253. The van der Waals surface area contributed by atoms with Gasteiger partial charge in [0.15, 0.2) is 5.82 Å². The number of nitrogens with zero attached hydrogens (tertiary/aromatic N) is 2. The van der Waals surface area contributed by atoms with Crippen LogP contribution in [0.4, 0.5) is 0 Å². The first-order valence-corrected chi connectivity index (χ1v) is 11.2. The van der Waals surface area contributed by atoms with Crippen LogP contribution in [0.5, 0.6) is 0 Å². The molecule has 1 saturated heterocycles. The molecule has 7 nitrogen and oxygen atoms in total. The lowest BCUT2D eigenvalue weighted by Crippen LogP contribution is -2.58. The molecule has 7 heteroatoms. The second-order valence-electron chi connectivity index (χ2n) is 8.01. The minimum atomic E-state index is -0.403. The van der Waals surface area contributed by atoms with Gasteiger partial charge in [-0.3, -0.25) is 15.4 Å². The lowest BCUT2D eigenvalue weighted by Gasteiger charge is -2.37. The van der Waals surface area contributed by atoms with Crippen LogP contribution < -0.4 is 16.0 Å². The van der Waals surface area contributed by atoms with Crippen molar-refractivity contribution in [3.8, 4) is 0 Å². The molecule has 0 bridgehead atoms. The Hall–Kier alpha value is -1.60. The molecular formula is C21H39N5O2. The zero-order valence-electron chi connectivity index (χ0n) is 17.8. The molecule has 0 aromatic rings. The average Bonchev–Trinajstić information content (AvgIpc) is 2.71. The van der Waals surface area contributed by atoms with Gasteiger partial charge in [-0.15, -0.1) is 0 Å². The van der Waals surface area contributed by atoms with Crippen molar-refractivity contribution in [2.24, 2.45) is 0 Å². The van der Waals surface area contributed by atoms with Crippen molar-refractivity contribution in [2.45, 2.75) is 77.3 Å². The predicted molar refractivity (Wildman–Crippen MR) is 114 cm³/mol. The van der Waals surface area contributed by atoms with Crippen molar-refractivity contribution < 1.29 is 4.92 Å². The van der Waals surface area contributed by atoms with E-state index in [1.54, 1.807) is 6.08 Å². The first-order chi connectivity index (χ1) is 13.6. The minimum Gasteiger partial charge on any atom is -0.366 e. The van der Waals surface area contributed by atoms with Crippen molar-refractivity contribution in [2.75, 3.05) is 32.7 Å². The molecule has 1 unspecified atom stereocenters. The van der Waals surface area contributed by atoms with Crippen molar-refractivity contribution in [3.63, 3.8) is 0 Å². The van der Waals surface area contributed by atoms with Gasteiger partial charge in [-0.1, -0.05) is 33.1 Å². The van der Waals surface area contributed by atoms with Crippen LogP contribution in [0.1, 0.15) is 71.6 Å². The lowest BCUT2D eigenvalue weighted by molar-refractivity contribution is -0.421. The van der Waals surface area contributed by atoms with Crippen LogP contribution >= 0.6 is 0 Å². The fraction of sp³-hybridized carbons (Fsp3) is 0.810. The van der Waals surface area contributed by atoms with Gasteiger partial charge in [0.2, 0.25) is 0 Å². The van der Waals surface area contributed by atoms with Gasteiger partial charge in [0, 0.05) is 12.6 Å². The van der Waals surface area contributed by atoms with Gasteiger partial charge in [-0.25, -0.2) is 0 Å². The van der Waals surface area contributed by atoms with E-state index in [9.17, 15) is 10.1 Å². The topological polar surface area (TPSA) is 82.5 Å². The van der Waals surface area contributed by atoms with Crippen LogP contribution in [0, 0.1) is 10.1 Å². The minimum absolute atomic E-state index is 0.127. The van der Waals surface area contributed by atoms with E-state index in [1.165, 1.54) is 32.4 Å². The molecule has 160 valence electrons. The third-order valence-corrected chi connectivity index (χ3v) is 5.62. The summed E-state index contributed by atoms with van der Waals surface area (Å²) in [5, 5.41) is 21.9. The van der Waals surface area contributed by atoms with Gasteiger partial charge in [0.25, 0.3) is 0 Å². The predicted octanol–water partition coefficient (Wildman–Crippen LogP) is 3.33. The van der Waals surface area contributed by atoms with Crippen molar-refractivity contribution in [1.29, 1.82) is 0 Å². The van der Waals surface area contributed by atoms with Crippen molar-refractivity contribution in [3.05, 3.63) is 33.8 Å². The van der Waals surface area contributed by atoms with E-state index in [-0.39, 0.29) is 10.6 Å². The van der Waals surface area contributed by atoms with Crippen LogP contribution in [0.25, 0.3) is 0 Å². The molecular weight excluding hydrogens is 354 g/mol. The Bertz CT molecular complexity index is 543. The highest BCUT2D eigenvalue weighted by Crippen LogP contribution is 2.22. The number of piperidine rings is 1. The smallest absolute Gasteiger partial charge is 0.308 e. The summed E-state index contributed by atoms with van der Waals surface area (Å²) >= 11 is 0. The monoisotopic (exact) mass is 393 g/mol. The molecule has 2 rings (SSSR count). The molecule has 0 aromatic heterocycles. The maximum absolute atomic E-state index is 11.5. The molecule has 2 aliphatic heterocycles. The van der Waals surface area contributed by atoms with Gasteiger partial charge in [-0.05, 0) is 70.8 Å². The fourth-order valence-electron chi connectivity index (χ4n) is 3.90. The zero-order chi connectivity index (χ0) is 20.2. The highest BCUT2D eigenvalue weighted by molar-refractivity contribution is 5.28. The van der Waals surface area contributed by atoms with Crippen LogP contribution in [0.15, 0.2) is 23.7 Å². The zero-order valence-corrected chi connectivity index (χ0v) is 17.8. The maximum Gasteiger partial charge on any atom is 0.308 e. The summed E-state index contributed by atoms with van der Waals surface area (Å²) in [5.41, 5.74) is -0.276. The van der Waals surface area contributed by atoms with Gasteiger partial charge in [0.05, 0.1) is 4.92 Å². The summed E-state index contributed by atoms with van der Waals surface area (Å²) in [6.45, 7) is 9.40. The molecule has 2 heterocycles. The number of allylic oxidation sites excluding steroid dienone is 1. The number of nitro groups is 1. The van der Waals surface area contributed by atoms with Gasteiger partial charge < -0.3 is 15.5 Å². The number of likely N-dealkylation sites (tertiary alicyclic amines) is 1. The third-order valence-electron chi connectivity index (χ3n) is 5.62. The summed E-state index contributed by atoms with van der Waals surface area (Å²) in [6.07, 6.45) is 13.8. The number of rotatable bonds is 13. The summed E-state index contributed by atoms with van der Waals surface area (Å²) in [7, 11) is 0. The first-order valence-electron chi connectivity index (χ1n) is 11.2. The molecule has 0 aliphatic carbocycles. The Morgan fingerprint density at radius 1 is 1.14 bits per heavy atom. The summed E-state index contributed by atoms with van der Waals surface area (Å²) in [6, 6.07) is 0. The largest absolute Gasteiger partial charge is 0.366 e. The Labute approximate surface area is 170 Å². The number of hydrogen-bond donors (Lipinski definition) is 3. The highest BCUT2D eigenvalue weighted by Gasteiger charge is 2.33. The Morgan fingerprint density at radius 3 is 2.57 bits per heavy atom. The van der Waals surface area contributed by atoms with E-state index in [4.69, 9.17) is 0 Å². The van der Waals surface area contributed by atoms with E-state index < -0.39 is 5.66 Å². The van der Waals surface area contributed by atoms with Crippen molar-refractivity contribution in [1.82, 2.24) is 20.9 Å². The third kappa shape index (κ3) is 7.09. The molecule has 3 N–H and O–H groups in total. The van der Waals surface area contributed by atoms with E-state index >= 15 is 0 Å². The molecule has 1 fully saturated rings. The summed E-state index contributed by atoms with van der Waals surface area (Å²) < 4.78 is 0. The van der Waals surface area contributed by atoms with Gasteiger partial charge >= 0.3 is 5.70 Å². The average molecular weight is 394 g/mol. The SMILES string of the molecule is CCCCNC1(CCCC)C=CC([N+](=O)[O-])=C(NCCCN2CCCCC2)N1. The summed E-state index contributed by atoms with van der Waals surface area (Å²) in [5.74, 6) is 0.547. The second-order valence-corrected chi connectivity index (χ2v) is 8.01. The standard InChI is InChI=1S/C21H39N5O2/c1-3-5-12-21(23-15-6-4-2)13-11-19(26(27)28)20(24-21)22-14-10-18-25-16-8-7-9-17-25/h11,13,22-24H,3-10,12,14-18H2,1-2H3. The fourth-order valence-corrected chi connectivity index (χ4v) is 3.90. The normalized spacial score (nSPS) is 22.9. The number of hydrogen-bond acceptors (Lipinski definition) is 6. The van der Waals surface area contributed by atoms with Gasteiger partial charge in [0.1, 0.15) is 5.66 Å². The first kappa shape index (κ1) is 22.7. The number of dihydropyridines is 1. The molecule has 0 spiro atoms. The van der Waals surface area contributed by atoms with E-state index in [2.05, 4.69) is 34.7 Å². The van der Waals surface area contributed by atoms with Gasteiger partial charge in [-0.2, -0.15) is 0 Å². The van der Waals surface area contributed by atoms with Crippen LogP contribution in [-0.4, -0.2) is 48.2 Å². The number of nitrogens with one attached hydrogen (secondary N) is 3. The number of unbranched alkanes of at least 4 members (excludes halogenated alkanes) is 2. The lowest BCUT2D eigenvalue weighted by atomic mass is 9.98. The Kier molecular flexibility index (Phi) is 9.78. The van der Waals surface area contributed by atoms with Crippen LogP contribution in [-0.2, 0) is 0 Å². The highest BCUT2D eigenvalue weighted by atomic mass is 16.6. The molecule has 28 heavy (non-hydrogen) atoms. The second kappa shape index (κ2) is 12.1. The van der Waals surface area contributed by atoms with Crippen LogP contribution in [0.3, 0.4) is 0 Å². The molecule has 1 atom stereocenters. The van der Waals surface area contributed by atoms with E-state index in [1.807, 2.05) is 6.08 Å². The summed E-state index contributed by atoms with van der Waals surface area (Å²) in [4.78, 5) is 13.7.